The molecule has 0 saturated heterocycles. The van der Waals surface area contributed by atoms with E-state index in [9.17, 15) is 0 Å². The standard InChI is InChI=1S/C9H19NO3Si/c1-5-11-14(7-3,12-6-2)13-9(4)8-10/h9H,5-7H2,1-4H3. The van der Waals surface area contributed by atoms with Gasteiger partial charge in [0.2, 0.25) is 0 Å². The average molecular weight is 217 g/mol. The van der Waals surface area contributed by atoms with E-state index in [4.69, 9.17) is 18.5 Å². The molecule has 4 nitrogen and oxygen atoms in total. The second kappa shape index (κ2) is 6.96. The van der Waals surface area contributed by atoms with E-state index in [1.807, 2.05) is 26.8 Å². The SMILES string of the molecule is CCO[Si](CC)(OCC)OC(C)C#N. The molecule has 0 fully saturated rings. The lowest BCUT2D eigenvalue weighted by atomic mass is 10.5. The van der Waals surface area contributed by atoms with Crippen LogP contribution < -0.4 is 0 Å². The molecule has 0 aliphatic heterocycles. The maximum atomic E-state index is 8.67. The highest BCUT2D eigenvalue weighted by Gasteiger charge is 2.40. The third kappa shape index (κ3) is 4.20. The van der Waals surface area contributed by atoms with Gasteiger partial charge < -0.3 is 13.3 Å². The number of rotatable bonds is 7. The number of nitrogens with zero attached hydrogens (tertiary/aromatic N) is 1. The fraction of sp³-hybridized carbons (Fsp3) is 0.889. The Hall–Kier alpha value is -0.413. The Balaban J connectivity index is 4.41. The third-order valence-corrected chi connectivity index (χ3v) is 4.74. The quantitative estimate of drug-likeness (QED) is 0.612. The molecular weight excluding hydrogens is 198 g/mol. The van der Waals surface area contributed by atoms with Crippen molar-refractivity contribution in [3.8, 4) is 6.07 Å². The highest BCUT2D eigenvalue weighted by molar-refractivity contribution is 6.60. The molecule has 0 aromatic heterocycles. The van der Waals surface area contributed by atoms with Crippen LogP contribution in [0.2, 0.25) is 6.04 Å². The number of nitriles is 1. The molecule has 0 bridgehead atoms. The van der Waals surface area contributed by atoms with E-state index in [2.05, 4.69) is 0 Å². The zero-order valence-electron chi connectivity index (χ0n) is 9.37. The summed E-state index contributed by atoms with van der Waals surface area (Å²) >= 11 is 0. The van der Waals surface area contributed by atoms with Crippen molar-refractivity contribution in [3.05, 3.63) is 0 Å². The monoisotopic (exact) mass is 217 g/mol. The molecule has 0 amide bonds. The maximum Gasteiger partial charge on any atom is 0.501 e. The van der Waals surface area contributed by atoms with Crippen LogP contribution in [-0.4, -0.2) is 28.1 Å². The van der Waals surface area contributed by atoms with Gasteiger partial charge in [-0.3, -0.25) is 0 Å². The Kier molecular flexibility index (Phi) is 6.75. The van der Waals surface area contributed by atoms with Crippen molar-refractivity contribution in [2.75, 3.05) is 13.2 Å². The van der Waals surface area contributed by atoms with Crippen LogP contribution in [-0.2, 0) is 13.3 Å². The normalized spacial score (nSPS) is 13.6. The Morgan fingerprint density at radius 2 is 1.71 bits per heavy atom. The predicted molar refractivity (Wildman–Crippen MR) is 55.6 cm³/mol. The van der Waals surface area contributed by atoms with E-state index in [0.717, 1.165) is 0 Å². The number of hydrogen-bond acceptors (Lipinski definition) is 4. The molecule has 0 aliphatic rings. The minimum atomic E-state index is -2.58. The average Bonchev–Trinajstić information content (AvgIpc) is 2.18. The predicted octanol–water partition coefficient (Wildman–Crippen LogP) is 1.95. The van der Waals surface area contributed by atoms with Gasteiger partial charge >= 0.3 is 8.80 Å². The molecule has 0 aliphatic carbocycles. The second-order valence-corrected chi connectivity index (χ2v) is 5.68. The van der Waals surface area contributed by atoms with Crippen molar-refractivity contribution in [2.24, 2.45) is 0 Å². The first kappa shape index (κ1) is 13.6. The van der Waals surface area contributed by atoms with Gasteiger partial charge in [0, 0.05) is 19.3 Å². The van der Waals surface area contributed by atoms with Crippen LogP contribution in [0.1, 0.15) is 27.7 Å². The largest absolute Gasteiger partial charge is 0.501 e. The molecule has 1 unspecified atom stereocenters. The highest BCUT2D eigenvalue weighted by Crippen LogP contribution is 2.17. The lowest BCUT2D eigenvalue weighted by Gasteiger charge is -2.28. The van der Waals surface area contributed by atoms with Crippen molar-refractivity contribution >= 4 is 8.80 Å². The molecule has 0 heterocycles. The summed E-state index contributed by atoms with van der Waals surface area (Å²) in [6.45, 7) is 8.57. The van der Waals surface area contributed by atoms with Gasteiger partial charge in [0.05, 0.1) is 6.07 Å². The summed E-state index contributed by atoms with van der Waals surface area (Å²) in [5.41, 5.74) is 0. The molecule has 5 heteroatoms. The molecule has 0 saturated carbocycles. The molecule has 14 heavy (non-hydrogen) atoms. The first-order valence-electron chi connectivity index (χ1n) is 4.99. The first-order chi connectivity index (χ1) is 6.64. The molecule has 0 aromatic rings. The van der Waals surface area contributed by atoms with E-state index in [1.54, 1.807) is 6.92 Å². The summed E-state index contributed by atoms with van der Waals surface area (Å²) in [5.74, 6) is 0. The van der Waals surface area contributed by atoms with Crippen molar-refractivity contribution in [1.29, 1.82) is 5.26 Å². The Labute approximate surface area is 87.1 Å². The van der Waals surface area contributed by atoms with Crippen LogP contribution in [0, 0.1) is 11.3 Å². The molecule has 1 atom stereocenters. The van der Waals surface area contributed by atoms with Gasteiger partial charge in [0.15, 0.2) is 0 Å². The summed E-state index contributed by atoms with van der Waals surface area (Å²) in [6, 6.07) is 2.72. The molecule has 0 N–H and O–H groups in total. The van der Waals surface area contributed by atoms with Crippen LogP contribution in [0.15, 0.2) is 0 Å². The van der Waals surface area contributed by atoms with Crippen LogP contribution >= 0.6 is 0 Å². The Morgan fingerprint density at radius 3 is 2.00 bits per heavy atom. The fourth-order valence-electron chi connectivity index (χ4n) is 1.13. The molecular formula is C9H19NO3Si. The third-order valence-electron chi connectivity index (χ3n) is 1.70. The van der Waals surface area contributed by atoms with Crippen molar-refractivity contribution in [1.82, 2.24) is 0 Å². The van der Waals surface area contributed by atoms with Gasteiger partial charge in [-0.15, -0.1) is 0 Å². The van der Waals surface area contributed by atoms with E-state index >= 15 is 0 Å². The van der Waals surface area contributed by atoms with Crippen LogP contribution in [0.25, 0.3) is 0 Å². The Bertz CT molecular complexity index is 187. The molecule has 0 aromatic carbocycles. The lowest BCUT2D eigenvalue weighted by Crippen LogP contribution is -2.47. The Morgan fingerprint density at radius 1 is 1.21 bits per heavy atom. The maximum absolute atomic E-state index is 8.67. The van der Waals surface area contributed by atoms with Gasteiger partial charge in [-0.25, -0.2) is 0 Å². The van der Waals surface area contributed by atoms with E-state index < -0.39 is 14.9 Å². The minimum absolute atomic E-state index is 0.472. The van der Waals surface area contributed by atoms with Crippen molar-refractivity contribution in [2.45, 2.75) is 39.8 Å². The molecule has 82 valence electrons. The van der Waals surface area contributed by atoms with Crippen LogP contribution in [0.5, 0.6) is 0 Å². The zero-order valence-corrected chi connectivity index (χ0v) is 10.4. The smallest absolute Gasteiger partial charge is 0.374 e. The van der Waals surface area contributed by atoms with Gasteiger partial charge in [-0.2, -0.15) is 5.26 Å². The van der Waals surface area contributed by atoms with Gasteiger partial charge in [0.1, 0.15) is 6.10 Å². The van der Waals surface area contributed by atoms with E-state index in [0.29, 0.717) is 19.3 Å². The van der Waals surface area contributed by atoms with Crippen LogP contribution in [0.3, 0.4) is 0 Å². The minimum Gasteiger partial charge on any atom is -0.374 e. The summed E-state index contributed by atoms with van der Waals surface area (Å²) in [5, 5.41) is 8.67. The van der Waals surface area contributed by atoms with Gasteiger partial charge in [-0.1, -0.05) is 6.92 Å². The number of hydrogen-bond donors (Lipinski definition) is 0. The van der Waals surface area contributed by atoms with Crippen LogP contribution in [0.4, 0.5) is 0 Å². The van der Waals surface area contributed by atoms with Crippen molar-refractivity contribution in [3.63, 3.8) is 0 Å². The summed E-state index contributed by atoms with van der Waals surface area (Å²) in [4.78, 5) is 0. The van der Waals surface area contributed by atoms with Gasteiger partial charge in [-0.05, 0) is 20.8 Å². The van der Waals surface area contributed by atoms with E-state index in [1.165, 1.54) is 0 Å². The topological polar surface area (TPSA) is 51.5 Å². The zero-order chi connectivity index (χ0) is 11.0. The summed E-state index contributed by atoms with van der Waals surface area (Å²) in [7, 11) is -2.58. The summed E-state index contributed by atoms with van der Waals surface area (Å²) < 4.78 is 16.6. The van der Waals surface area contributed by atoms with Gasteiger partial charge in [0.25, 0.3) is 0 Å². The van der Waals surface area contributed by atoms with Crippen molar-refractivity contribution < 1.29 is 13.3 Å². The molecule has 0 radical (unpaired) electrons. The second-order valence-electron chi connectivity index (χ2n) is 2.79. The first-order valence-corrected chi connectivity index (χ1v) is 6.92. The lowest BCUT2D eigenvalue weighted by molar-refractivity contribution is 0.0554. The molecule has 0 rings (SSSR count). The fourth-order valence-corrected chi connectivity index (χ4v) is 3.40. The summed E-state index contributed by atoms with van der Waals surface area (Å²) in [6.07, 6.45) is -0.472. The van der Waals surface area contributed by atoms with E-state index in [-0.39, 0.29) is 0 Å². The highest BCUT2D eigenvalue weighted by atomic mass is 28.4. The molecule has 0 spiro atoms.